The van der Waals surface area contributed by atoms with Gasteiger partial charge in [0, 0.05) is 13.1 Å². The topological polar surface area (TPSA) is 29.5 Å². The molecular formula is C12H16FNO2. The van der Waals surface area contributed by atoms with E-state index in [4.69, 9.17) is 4.74 Å². The molecular weight excluding hydrogens is 209 g/mol. The van der Waals surface area contributed by atoms with E-state index < -0.39 is 5.82 Å². The smallest absolute Gasteiger partial charge is 0.257 e. The lowest BCUT2D eigenvalue weighted by molar-refractivity contribution is 0.0751. The Labute approximate surface area is 94.8 Å². The molecule has 0 atom stereocenters. The van der Waals surface area contributed by atoms with Crippen LogP contribution in [-0.4, -0.2) is 31.0 Å². The van der Waals surface area contributed by atoms with Crippen molar-refractivity contribution in [3.63, 3.8) is 0 Å². The Kier molecular flexibility index (Phi) is 3.88. The second-order valence-corrected chi connectivity index (χ2v) is 3.85. The monoisotopic (exact) mass is 225 g/mol. The molecule has 88 valence electrons. The second kappa shape index (κ2) is 4.96. The molecule has 0 saturated carbocycles. The summed E-state index contributed by atoms with van der Waals surface area (Å²) in [5, 5.41) is 0. The fourth-order valence-electron chi connectivity index (χ4n) is 1.27. The van der Waals surface area contributed by atoms with E-state index in [0.717, 1.165) is 0 Å². The maximum atomic E-state index is 13.1. The van der Waals surface area contributed by atoms with Crippen LogP contribution >= 0.6 is 0 Å². The van der Waals surface area contributed by atoms with Gasteiger partial charge in [0.05, 0.1) is 12.7 Å². The largest absolute Gasteiger partial charge is 0.496 e. The Balaban J connectivity index is 3.11. The summed E-state index contributed by atoms with van der Waals surface area (Å²) in [5.74, 6) is -0.299. The minimum absolute atomic E-state index is 0.0560. The first-order valence-corrected chi connectivity index (χ1v) is 5.08. The number of amides is 1. The van der Waals surface area contributed by atoms with Gasteiger partial charge in [-0.1, -0.05) is 0 Å². The number of hydrogen-bond donors (Lipinski definition) is 0. The van der Waals surface area contributed by atoms with E-state index in [0.29, 0.717) is 5.75 Å². The summed E-state index contributed by atoms with van der Waals surface area (Å²) in [5.41, 5.74) is 0.249. The third kappa shape index (κ3) is 2.51. The van der Waals surface area contributed by atoms with Crippen LogP contribution in [0.25, 0.3) is 0 Å². The third-order valence-corrected chi connectivity index (χ3v) is 2.49. The Morgan fingerprint density at radius 2 is 2.06 bits per heavy atom. The molecule has 1 amide bonds. The maximum absolute atomic E-state index is 13.1. The van der Waals surface area contributed by atoms with Crippen LogP contribution in [0.3, 0.4) is 0 Å². The van der Waals surface area contributed by atoms with Crippen molar-refractivity contribution in [3.05, 3.63) is 29.6 Å². The number of ether oxygens (including phenoxy) is 1. The highest BCUT2D eigenvalue weighted by molar-refractivity contribution is 5.96. The Morgan fingerprint density at radius 1 is 1.44 bits per heavy atom. The molecule has 4 heteroatoms. The molecule has 0 fully saturated rings. The lowest BCUT2D eigenvalue weighted by Gasteiger charge is -2.22. The molecule has 0 radical (unpaired) electrons. The van der Waals surface area contributed by atoms with Crippen LogP contribution in [0.1, 0.15) is 24.2 Å². The normalized spacial score (nSPS) is 10.4. The van der Waals surface area contributed by atoms with Gasteiger partial charge in [0.15, 0.2) is 0 Å². The molecule has 0 unspecified atom stereocenters. The van der Waals surface area contributed by atoms with Crippen LogP contribution in [0.4, 0.5) is 4.39 Å². The van der Waals surface area contributed by atoms with E-state index in [2.05, 4.69) is 0 Å². The summed E-state index contributed by atoms with van der Waals surface area (Å²) < 4.78 is 18.1. The summed E-state index contributed by atoms with van der Waals surface area (Å²) in [6.45, 7) is 3.79. The average Bonchev–Trinajstić information content (AvgIpc) is 2.26. The molecule has 0 bridgehead atoms. The second-order valence-electron chi connectivity index (χ2n) is 3.85. The molecule has 0 N–H and O–H groups in total. The van der Waals surface area contributed by atoms with Crippen LogP contribution in [0.2, 0.25) is 0 Å². The molecule has 1 aromatic carbocycles. The van der Waals surface area contributed by atoms with Gasteiger partial charge in [-0.15, -0.1) is 0 Å². The lowest BCUT2D eigenvalue weighted by Crippen LogP contribution is -2.33. The molecule has 1 rings (SSSR count). The number of nitrogens with zero attached hydrogens (tertiary/aromatic N) is 1. The first-order valence-electron chi connectivity index (χ1n) is 5.08. The molecule has 0 heterocycles. The molecule has 0 saturated heterocycles. The number of carbonyl (C=O) groups excluding carboxylic acids is 1. The molecule has 3 nitrogen and oxygen atoms in total. The zero-order valence-corrected chi connectivity index (χ0v) is 9.95. The Hall–Kier alpha value is -1.58. The van der Waals surface area contributed by atoms with Crippen molar-refractivity contribution >= 4 is 5.91 Å². The minimum atomic E-state index is -0.443. The quantitative estimate of drug-likeness (QED) is 0.790. The third-order valence-electron chi connectivity index (χ3n) is 2.49. The van der Waals surface area contributed by atoms with Crippen LogP contribution in [-0.2, 0) is 0 Å². The van der Waals surface area contributed by atoms with Crippen LogP contribution in [0.5, 0.6) is 5.75 Å². The summed E-state index contributed by atoms with van der Waals surface area (Å²) >= 11 is 0. The van der Waals surface area contributed by atoms with Crippen molar-refractivity contribution in [1.29, 1.82) is 0 Å². The van der Waals surface area contributed by atoms with Gasteiger partial charge < -0.3 is 9.64 Å². The Bertz CT molecular complexity index is 391. The minimum Gasteiger partial charge on any atom is -0.496 e. The standard InChI is InChI=1S/C12H16FNO2/c1-8(2)14(3)12(15)10-7-9(13)5-6-11(10)16-4/h5-8H,1-4H3. The number of benzene rings is 1. The number of carbonyl (C=O) groups is 1. The molecule has 1 aromatic rings. The molecule has 0 aliphatic heterocycles. The number of halogens is 1. The van der Waals surface area contributed by atoms with E-state index in [1.807, 2.05) is 13.8 Å². The molecule has 0 aliphatic rings. The van der Waals surface area contributed by atoms with Crippen LogP contribution in [0.15, 0.2) is 18.2 Å². The van der Waals surface area contributed by atoms with Gasteiger partial charge in [0.25, 0.3) is 5.91 Å². The summed E-state index contributed by atoms with van der Waals surface area (Å²) in [4.78, 5) is 13.5. The highest BCUT2D eigenvalue weighted by Gasteiger charge is 2.19. The molecule has 16 heavy (non-hydrogen) atoms. The predicted octanol–water partition coefficient (Wildman–Crippen LogP) is 2.31. The molecule has 0 spiro atoms. The van der Waals surface area contributed by atoms with Gasteiger partial charge in [0.1, 0.15) is 11.6 Å². The highest BCUT2D eigenvalue weighted by atomic mass is 19.1. The first kappa shape index (κ1) is 12.5. The van der Waals surface area contributed by atoms with Gasteiger partial charge in [0.2, 0.25) is 0 Å². The van der Waals surface area contributed by atoms with Crippen molar-refractivity contribution in [2.24, 2.45) is 0 Å². The summed E-state index contributed by atoms with van der Waals surface area (Å²) in [6, 6.07) is 3.97. The van der Waals surface area contributed by atoms with E-state index >= 15 is 0 Å². The van der Waals surface area contributed by atoms with Crippen LogP contribution in [0, 0.1) is 5.82 Å². The first-order chi connectivity index (χ1) is 7.47. The van der Waals surface area contributed by atoms with Crippen molar-refractivity contribution in [1.82, 2.24) is 4.90 Å². The molecule has 0 aromatic heterocycles. The Morgan fingerprint density at radius 3 is 2.56 bits per heavy atom. The SMILES string of the molecule is COc1ccc(F)cc1C(=O)N(C)C(C)C. The number of rotatable bonds is 3. The zero-order chi connectivity index (χ0) is 12.3. The van der Waals surface area contributed by atoms with Gasteiger partial charge in [-0.3, -0.25) is 4.79 Å². The lowest BCUT2D eigenvalue weighted by atomic mass is 10.1. The highest BCUT2D eigenvalue weighted by Crippen LogP contribution is 2.21. The predicted molar refractivity (Wildman–Crippen MR) is 60.2 cm³/mol. The van der Waals surface area contributed by atoms with E-state index in [-0.39, 0.29) is 17.5 Å². The van der Waals surface area contributed by atoms with Crippen molar-refractivity contribution in [2.45, 2.75) is 19.9 Å². The van der Waals surface area contributed by atoms with Gasteiger partial charge in [-0.05, 0) is 32.0 Å². The molecule has 0 aliphatic carbocycles. The fourth-order valence-corrected chi connectivity index (χ4v) is 1.27. The average molecular weight is 225 g/mol. The maximum Gasteiger partial charge on any atom is 0.257 e. The van der Waals surface area contributed by atoms with Crippen molar-refractivity contribution in [2.75, 3.05) is 14.2 Å². The van der Waals surface area contributed by atoms with Gasteiger partial charge >= 0.3 is 0 Å². The summed E-state index contributed by atoms with van der Waals surface area (Å²) in [6.07, 6.45) is 0. The van der Waals surface area contributed by atoms with E-state index in [9.17, 15) is 9.18 Å². The zero-order valence-electron chi connectivity index (χ0n) is 9.95. The van der Waals surface area contributed by atoms with Gasteiger partial charge in [-0.2, -0.15) is 0 Å². The van der Waals surface area contributed by atoms with E-state index in [1.54, 1.807) is 7.05 Å². The van der Waals surface area contributed by atoms with Crippen molar-refractivity contribution in [3.8, 4) is 5.75 Å². The van der Waals surface area contributed by atoms with Crippen molar-refractivity contribution < 1.29 is 13.9 Å². The number of hydrogen-bond acceptors (Lipinski definition) is 2. The number of methoxy groups -OCH3 is 1. The van der Waals surface area contributed by atoms with Gasteiger partial charge in [-0.25, -0.2) is 4.39 Å². The van der Waals surface area contributed by atoms with E-state index in [1.165, 1.54) is 30.2 Å². The van der Waals surface area contributed by atoms with Crippen LogP contribution < -0.4 is 4.74 Å². The fraction of sp³-hybridized carbons (Fsp3) is 0.417. The summed E-state index contributed by atoms with van der Waals surface area (Å²) in [7, 11) is 3.14.